The molecule has 3 N–H and O–H groups in total. The van der Waals surface area contributed by atoms with Crippen molar-refractivity contribution in [1.29, 1.82) is 0 Å². The first-order chi connectivity index (χ1) is 13.0. The molecule has 0 bridgehead atoms. The highest BCUT2D eigenvalue weighted by molar-refractivity contribution is 5.97. The number of benzene rings is 1. The van der Waals surface area contributed by atoms with Crippen LogP contribution in [0.25, 0.3) is 0 Å². The molecule has 1 atom stereocenters. The Hall–Kier alpha value is -3.20. The lowest BCUT2D eigenvalue weighted by atomic mass is 9.91. The number of nitrogens with zero attached hydrogens (tertiary/aromatic N) is 2. The third kappa shape index (κ3) is 3.36. The number of halogens is 1. The van der Waals surface area contributed by atoms with Crippen molar-refractivity contribution >= 4 is 11.9 Å². The van der Waals surface area contributed by atoms with Crippen LogP contribution in [-0.4, -0.2) is 31.7 Å². The fourth-order valence-corrected chi connectivity index (χ4v) is 3.08. The largest absolute Gasteiger partial charge is 0.503 e. The van der Waals surface area contributed by atoms with Gasteiger partial charge in [-0.2, -0.15) is 0 Å². The second kappa shape index (κ2) is 6.75. The highest BCUT2D eigenvalue weighted by Gasteiger charge is 2.40. The number of nitrogens with one attached hydrogen (secondary N) is 1. The van der Waals surface area contributed by atoms with Crippen molar-refractivity contribution in [2.75, 3.05) is 0 Å². The van der Waals surface area contributed by atoms with Gasteiger partial charge in [0.25, 0.3) is 5.91 Å². The molecule has 2 aromatic rings. The average Bonchev–Trinajstić information content (AvgIpc) is 2.60. The van der Waals surface area contributed by atoms with Gasteiger partial charge in [-0.3, -0.25) is 14.6 Å². The summed E-state index contributed by atoms with van der Waals surface area (Å²) in [4.78, 5) is 36.5. The summed E-state index contributed by atoms with van der Waals surface area (Å²) in [5.41, 5.74) is 1.09. The van der Waals surface area contributed by atoms with E-state index in [9.17, 15) is 29.0 Å². The molecular formula is C19H20FN3O5. The van der Waals surface area contributed by atoms with Crippen LogP contribution < -0.4 is 10.9 Å². The second-order valence-electron chi connectivity index (χ2n) is 7.70. The molecule has 0 fully saturated rings. The van der Waals surface area contributed by atoms with Gasteiger partial charge in [0.15, 0.2) is 11.4 Å². The van der Waals surface area contributed by atoms with Crippen LogP contribution in [0.5, 0.6) is 5.75 Å². The number of rotatable bonds is 3. The molecule has 1 amide bonds. The molecule has 0 spiro atoms. The van der Waals surface area contributed by atoms with E-state index in [2.05, 4.69) is 5.43 Å². The molecule has 0 saturated carbocycles. The van der Waals surface area contributed by atoms with Crippen LogP contribution in [0.1, 0.15) is 53.3 Å². The summed E-state index contributed by atoms with van der Waals surface area (Å²) in [5, 5.41) is 20.8. The molecule has 9 heteroatoms. The van der Waals surface area contributed by atoms with E-state index in [0.717, 1.165) is 6.20 Å². The number of aromatic hydroxyl groups is 1. The Morgan fingerprint density at radius 2 is 1.82 bits per heavy atom. The van der Waals surface area contributed by atoms with Gasteiger partial charge in [-0.15, -0.1) is 0 Å². The first kappa shape index (κ1) is 19.6. The number of carbonyl (C=O) groups is 2. The highest BCUT2D eigenvalue weighted by Crippen LogP contribution is 2.35. The van der Waals surface area contributed by atoms with Gasteiger partial charge >= 0.3 is 5.97 Å². The molecule has 1 aliphatic heterocycles. The topological polar surface area (TPSA) is 112 Å². The Bertz CT molecular complexity index is 1010. The molecule has 8 nitrogen and oxygen atoms in total. The van der Waals surface area contributed by atoms with Crippen LogP contribution in [0.15, 0.2) is 35.3 Å². The average molecular weight is 389 g/mol. The van der Waals surface area contributed by atoms with E-state index >= 15 is 0 Å². The second-order valence-corrected chi connectivity index (χ2v) is 7.70. The van der Waals surface area contributed by atoms with E-state index in [-0.39, 0.29) is 12.2 Å². The molecule has 28 heavy (non-hydrogen) atoms. The van der Waals surface area contributed by atoms with E-state index in [1.807, 2.05) is 20.8 Å². The highest BCUT2D eigenvalue weighted by atomic mass is 19.1. The van der Waals surface area contributed by atoms with Gasteiger partial charge in [-0.25, -0.2) is 14.6 Å². The number of aromatic nitrogens is 1. The minimum atomic E-state index is -1.50. The van der Waals surface area contributed by atoms with E-state index in [0.29, 0.717) is 5.56 Å². The molecule has 0 aliphatic carbocycles. The van der Waals surface area contributed by atoms with Crippen molar-refractivity contribution in [3.8, 4) is 5.75 Å². The van der Waals surface area contributed by atoms with Gasteiger partial charge in [0.1, 0.15) is 17.5 Å². The zero-order valence-electron chi connectivity index (χ0n) is 15.6. The number of aromatic carboxylic acids is 1. The van der Waals surface area contributed by atoms with Crippen molar-refractivity contribution in [3.05, 3.63) is 63.3 Å². The standard InChI is InChI=1S/C19H20FN3O5/c1-19(2,3)18-21-23(8-10-4-6-11(20)7-5-10)16(26)13-15(25)14(24)12(17(27)28)9-22(13)18/h4-7,9,18,21,25H,8H2,1-3H3,(H,27,28). The number of fused-ring (bicyclic) bond motifs is 1. The first-order valence-electron chi connectivity index (χ1n) is 8.54. The minimum Gasteiger partial charge on any atom is -0.503 e. The van der Waals surface area contributed by atoms with E-state index in [1.165, 1.54) is 33.8 Å². The number of amides is 1. The maximum absolute atomic E-state index is 13.1. The van der Waals surface area contributed by atoms with Gasteiger partial charge in [0, 0.05) is 6.20 Å². The summed E-state index contributed by atoms with van der Waals surface area (Å²) in [6.45, 7) is 5.63. The van der Waals surface area contributed by atoms with E-state index < -0.39 is 46.0 Å². The van der Waals surface area contributed by atoms with Crippen LogP contribution >= 0.6 is 0 Å². The molecule has 1 aromatic carbocycles. The molecule has 3 rings (SSSR count). The van der Waals surface area contributed by atoms with Gasteiger partial charge in [0.05, 0.1) is 6.54 Å². The Morgan fingerprint density at radius 1 is 1.21 bits per heavy atom. The number of carboxylic acids is 1. The zero-order valence-corrected chi connectivity index (χ0v) is 15.6. The number of pyridine rings is 1. The van der Waals surface area contributed by atoms with Crippen LogP contribution in [-0.2, 0) is 6.54 Å². The van der Waals surface area contributed by atoms with Crippen molar-refractivity contribution < 1.29 is 24.2 Å². The van der Waals surface area contributed by atoms with Gasteiger partial charge in [0.2, 0.25) is 5.43 Å². The first-order valence-corrected chi connectivity index (χ1v) is 8.54. The van der Waals surface area contributed by atoms with Crippen LogP contribution in [0.4, 0.5) is 4.39 Å². The van der Waals surface area contributed by atoms with Crippen molar-refractivity contribution in [2.24, 2.45) is 5.41 Å². The summed E-state index contributed by atoms with van der Waals surface area (Å²) in [6, 6.07) is 5.57. The molecule has 2 heterocycles. The summed E-state index contributed by atoms with van der Waals surface area (Å²) in [5.74, 6) is -3.52. The zero-order chi connectivity index (χ0) is 20.8. The van der Waals surface area contributed by atoms with Gasteiger partial charge in [-0.1, -0.05) is 32.9 Å². The van der Waals surface area contributed by atoms with Crippen LogP contribution in [0, 0.1) is 11.2 Å². The molecule has 1 aromatic heterocycles. The van der Waals surface area contributed by atoms with Gasteiger partial charge < -0.3 is 14.8 Å². The van der Waals surface area contributed by atoms with Gasteiger partial charge in [-0.05, 0) is 23.1 Å². The van der Waals surface area contributed by atoms with Crippen molar-refractivity contribution in [2.45, 2.75) is 33.5 Å². The Balaban J connectivity index is 2.13. The maximum Gasteiger partial charge on any atom is 0.341 e. The smallest absolute Gasteiger partial charge is 0.341 e. The van der Waals surface area contributed by atoms with E-state index in [1.54, 1.807) is 0 Å². The van der Waals surface area contributed by atoms with Crippen LogP contribution in [0.3, 0.4) is 0 Å². The molecule has 1 unspecified atom stereocenters. The van der Waals surface area contributed by atoms with Crippen LogP contribution in [0.2, 0.25) is 0 Å². The minimum absolute atomic E-state index is 0.0556. The lowest BCUT2D eigenvalue weighted by Crippen LogP contribution is -2.55. The SMILES string of the molecule is CC(C)(C)C1NN(Cc2ccc(F)cc2)C(=O)c2c(O)c(=O)c(C(=O)O)cn21. The summed E-state index contributed by atoms with van der Waals surface area (Å²) < 4.78 is 14.4. The Morgan fingerprint density at radius 3 is 2.36 bits per heavy atom. The van der Waals surface area contributed by atoms with Crippen molar-refractivity contribution in [3.63, 3.8) is 0 Å². The summed E-state index contributed by atoms with van der Waals surface area (Å²) in [7, 11) is 0. The molecule has 148 valence electrons. The summed E-state index contributed by atoms with van der Waals surface area (Å²) in [6.07, 6.45) is 0.431. The number of hydrazine groups is 1. The predicted molar refractivity (Wildman–Crippen MR) is 97.2 cm³/mol. The Kier molecular flexibility index (Phi) is 4.72. The fourth-order valence-electron chi connectivity index (χ4n) is 3.08. The number of hydrogen-bond donors (Lipinski definition) is 3. The number of carbonyl (C=O) groups excluding carboxylic acids is 1. The Labute approximate surface area is 159 Å². The molecule has 0 radical (unpaired) electrons. The lowest BCUT2D eigenvalue weighted by Gasteiger charge is -2.43. The maximum atomic E-state index is 13.1. The third-order valence-electron chi connectivity index (χ3n) is 4.52. The quantitative estimate of drug-likeness (QED) is 0.741. The molecular weight excluding hydrogens is 369 g/mol. The summed E-state index contributed by atoms with van der Waals surface area (Å²) >= 11 is 0. The monoisotopic (exact) mass is 389 g/mol. The van der Waals surface area contributed by atoms with E-state index in [4.69, 9.17) is 0 Å². The molecule has 1 aliphatic rings. The lowest BCUT2D eigenvalue weighted by molar-refractivity contribution is 0.0224. The number of carboxylic acid groups (broad SMARTS) is 1. The third-order valence-corrected chi connectivity index (χ3v) is 4.52. The van der Waals surface area contributed by atoms with Crippen molar-refractivity contribution in [1.82, 2.24) is 15.0 Å². The number of hydrogen-bond acceptors (Lipinski definition) is 5. The fraction of sp³-hybridized carbons (Fsp3) is 0.316. The normalized spacial score (nSPS) is 16.8. The molecule has 0 saturated heterocycles. The predicted octanol–water partition coefficient (Wildman–Crippen LogP) is 2.10.